The second kappa shape index (κ2) is 6.90. The largest absolute Gasteiger partial charge is 0.394 e. The molecule has 0 aliphatic carbocycles. The molecule has 3 N–H and O–H groups in total. The maximum atomic E-state index is 11.9. The minimum atomic E-state index is -0.434. The summed E-state index contributed by atoms with van der Waals surface area (Å²) in [5.41, 5.74) is 2.48. The van der Waals surface area contributed by atoms with Crippen molar-refractivity contribution in [2.24, 2.45) is 0 Å². The van der Waals surface area contributed by atoms with Gasteiger partial charge in [0.25, 0.3) is 0 Å². The predicted molar refractivity (Wildman–Crippen MR) is 77.6 cm³/mol. The quantitative estimate of drug-likeness (QED) is 0.783. The van der Waals surface area contributed by atoms with Gasteiger partial charge in [0.2, 0.25) is 0 Å². The second-order valence-electron chi connectivity index (χ2n) is 4.78. The van der Waals surface area contributed by atoms with Crippen LogP contribution in [-0.4, -0.2) is 22.9 Å². The van der Waals surface area contributed by atoms with Crippen LogP contribution in [-0.2, 0) is 6.54 Å². The van der Waals surface area contributed by atoms with Gasteiger partial charge in [0.15, 0.2) is 0 Å². The van der Waals surface area contributed by atoms with Crippen LogP contribution >= 0.6 is 0 Å². The van der Waals surface area contributed by atoms with Crippen LogP contribution in [0.2, 0.25) is 0 Å². The third-order valence-electron chi connectivity index (χ3n) is 3.30. The summed E-state index contributed by atoms with van der Waals surface area (Å²) in [6, 6.07) is 8.54. The summed E-state index contributed by atoms with van der Waals surface area (Å²) >= 11 is 0. The van der Waals surface area contributed by atoms with Crippen LogP contribution in [0.25, 0.3) is 0 Å². The molecule has 1 atom stereocenters. The van der Waals surface area contributed by atoms with Gasteiger partial charge in [0.05, 0.1) is 18.3 Å². The number of hydrogen-bond donors (Lipinski definition) is 3. The van der Waals surface area contributed by atoms with Gasteiger partial charge in [-0.15, -0.1) is 0 Å². The van der Waals surface area contributed by atoms with Crippen LogP contribution in [0.15, 0.2) is 34.9 Å². The number of aryl methyl sites for hydroxylation is 2. The number of nitrogens with zero attached hydrogens (tertiary/aromatic N) is 1. The van der Waals surface area contributed by atoms with Gasteiger partial charge in [0, 0.05) is 12.1 Å². The van der Waals surface area contributed by atoms with Gasteiger partial charge in [-0.05, 0) is 19.4 Å². The lowest BCUT2D eigenvalue weighted by molar-refractivity contribution is 0.216. The molecule has 2 aromatic rings. The average molecular weight is 289 g/mol. The van der Waals surface area contributed by atoms with Crippen LogP contribution in [0, 0.1) is 13.8 Å². The first-order chi connectivity index (χ1) is 10.1. The van der Waals surface area contributed by atoms with Crippen LogP contribution in [0.5, 0.6) is 0 Å². The number of amides is 2. The molecule has 6 nitrogen and oxygen atoms in total. The minimum Gasteiger partial charge on any atom is -0.394 e. The molecule has 0 spiro atoms. The van der Waals surface area contributed by atoms with Crippen molar-refractivity contribution >= 4 is 6.03 Å². The average Bonchev–Trinajstić information content (AvgIpc) is 2.82. The van der Waals surface area contributed by atoms with Crippen molar-refractivity contribution in [3.63, 3.8) is 0 Å². The molecule has 0 aliphatic heterocycles. The third-order valence-corrected chi connectivity index (χ3v) is 3.30. The summed E-state index contributed by atoms with van der Waals surface area (Å²) < 4.78 is 5.04. The maximum Gasteiger partial charge on any atom is 0.315 e. The molecule has 0 saturated carbocycles. The number of carbonyl (C=O) groups is 1. The van der Waals surface area contributed by atoms with Gasteiger partial charge < -0.3 is 20.3 Å². The molecule has 6 heteroatoms. The maximum absolute atomic E-state index is 11.9. The van der Waals surface area contributed by atoms with Crippen LogP contribution in [0.4, 0.5) is 4.79 Å². The Balaban J connectivity index is 1.92. The normalized spacial score (nSPS) is 12.0. The first-order valence-electron chi connectivity index (χ1n) is 6.73. The number of carbonyl (C=O) groups excluding carboxylic acids is 1. The lowest BCUT2D eigenvalue weighted by Gasteiger charge is -2.17. The van der Waals surface area contributed by atoms with Gasteiger partial charge >= 0.3 is 6.03 Å². The molecule has 1 aromatic carbocycles. The van der Waals surface area contributed by atoms with E-state index in [1.54, 1.807) is 6.92 Å². The molecule has 1 heterocycles. The topological polar surface area (TPSA) is 87.4 Å². The zero-order chi connectivity index (χ0) is 15.2. The zero-order valence-corrected chi connectivity index (χ0v) is 12.1. The van der Waals surface area contributed by atoms with Gasteiger partial charge in [0.1, 0.15) is 5.76 Å². The standard InChI is InChI=1S/C15H19N3O3/c1-10-13(11(2)21-18-10)8-16-15(20)17-14(9-19)12-6-4-3-5-7-12/h3-7,14,19H,8-9H2,1-2H3,(H2,16,17,20). The molecule has 0 bridgehead atoms. The van der Waals surface area contributed by atoms with E-state index in [9.17, 15) is 9.90 Å². The van der Waals surface area contributed by atoms with Crippen molar-refractivity contribution in [2.45, 2.75) is 26.4 Å². The molecular weight excluding hydrogens is 270 g/mol. The Labute approximate surface area is 123 Å². The Hall–Kier alpha value is -2.34. The third kappa shape index (κ3) is 3.82. The van der Waals surface area contributed by atoms with Crippen LogP contribution < -0.4 is 10.6 Å². The molecule has 1 aromatic heterocycles. The Morgan fingerprint density at radius 3 is 2.62 bits per heavy atom. The van der Waals surface area contributed by atoms with Crippen LogP contribution in [0.1, 0.15) is 28.6 Å². The predicted octanol–water partition coefficient (Wildman–Crippen LogP) is 1.82. The Bertz CT molecular complexity index is 576. The lowest BCUT2D eigenvalue weighted by Crippen LogP contribution is -2.39. The molecular formula is C15H19N3O3. The number of benzene rings is 1. The molecule has 21 heavy (non-hydrogen) atoms. The fourth-order valence-electron chi connectivity index (χ4n) is 2.05. The van der Waals surface area contributed by atoms with Gasteiger partial charge in [-0.25, -0.2) is 4.79 Å². The molecule has 0 aliphatic rings. The van der Waals surface area contributed by atoms with Crippen molar-refractivity contribution < 1.29 is 14.4 Å². The van der Waals surface area contributed by atoms with E-state index in [0.29, 0.717) is 12.3 Å². The second-order valence-corrected chi connectivity index (χ2v) is 4.78. The van der Waals surface area contributed by atoms with E-state index >= 15 is 0 Å². The summed E-state index contributed by atoms with van der Waals surface area (Å²) in [4.78, 5) is 11.9. The van der Waals surface area contributed by atoms with E-state index in [1.165, 1.54) is 0 Å². The highest BCUT2D eigenvalue weighted by atomic mass is 16.5. The molecule has 0 fully saturated rings. The summed E-state index contributed by atoms with van der Waals surface area (Å²) in [5, 5.41) is 18.7. The zero-order valence-electron chi connectivity index (χ0n) is 12.1. The molecule has 2 rings (SSSR count). The van der Waals surface area contributed by atoms with Crippen molar-refractivity contribution in [3.8, 4) is 0 Å². The van der Waals surface area contributed by atoms with E-state index in [0.717, 1.165) is 16.8 Å². The number of rotatable bonds is 5. The first-order valence-corrected chi connectivity index (χ1v) is 6.73. The van der Waals surface area contributed by atoms with Crippen molar-refractivity contribution in [3.05, 3.63) is 52.9 Å². The number of aliphatic hydroxyl groups is 1. The van der Waals surface area contributed by atoms with E-state index < -0.39 is 6.04 Å². The van der Waals surface area contributed by atoms with Crippen molar-refractivity contribution in [1.29, 1.82) is 0 Å². The van der Waals surface area contributed by atoms with Crippen molar-refractivity contribution in [1.82, 2.24) is 15.8 Å². The van der Waals surface area contributed by atoms with E-state index in [1.807, 2.05) is 37.3 Å². The molecule has 2 amide bonds. The number of aliphatic hydroxyl groups excluding tert-OH is 1. The van der Waals surface area contributed by atoms with E-state index in [-0.39, 0.29) is 12.6 Å². The number of hydrogen-bond acceptors (Lipinski definition) is 4. The van der Waals surface area contributed by atoms with Gasteiger partial charge in [-0.2, -0.15) is 0 Å². The Morgan fingerprint density at radius 1 is 1.33 bits per heavy atom. The lowest BCUT2D eigenvalue weighted by atomic mass is 10.1. The smallest absolute Gasteiger partial charge is 0.315 e. The Morgan fingerprint density at radius 2 is 2.05 bits per heavy atom. The van der Waals surface area contributed by atoms with E-state index in [2.05, 4.69) is 15.8 Å². The number of nitrogens with one attached hydrogen (secondary N) is 2. The fourth-order valence-corrected chi connectivity index (χ4v) is 2.05. The summed E-state index contributed by atoms with van der Waals surface area (Å²) in [6.45, 7) is 3.80. The highest BCUT2D eigenvalue weighted by Gasteiger charge is 2.14. The monoisotopic (exact) mass is 289 g/mol. The molecule has 112 valence electrons. The summed E-state index contributed by atoms with van der Waals surface area (Å²) in [7, 11) is 0. The van der Waals surface area contributed by atoms with Gasteiger partial charge in [-0.1, -0.05) is 35.5 Å². The van der Waals surface area contributed by atoms with E-state index in [4.69, 9.17) is 4.52 Å². The molecule has 1 unspecified atom stereocenters. The van der Waals surface area contributed by atoms with Gasteiger partial charge in [-0.3, -0.25) is 0 Å². The number of urea groups is 1. The first kappa shape index (κ1) is 15.1. The summed E-state index contributed by atoms with van der Waals surface area (Å²) in [5.74, 6) is 0.689. The van der Waals surface area contributed by atoms with Crippen molar-refractivity contribution in [2.75, 3.05) is 6.61 Å². The van der Waals surface area contributed by atoms with Crippen LogP contribution in [0.3, 0.4) is 0 Å². The fraction of sp³-hybridized carbons (Fsp3) is 0.333. The SMILES string of the molecule is Cc1noc(C)c1CNC(=O)NC(CO)c1ccccc1. The highest BCUT2D eigenvalue weighted by molar-refractivity contribution is 5.74. The summed E-state index contributed by atoms with van der Waals surface area (Å²) in [6.07, 6.45) is 0. The molecule has 0 saturated heterocycles. The minimum absolute atomic E-state index is 0.164. The number of aromatic nitrogens is 1. The Kier molecular flexibility index (Phi) is 4.94. The highest BCUT2D eigenvalue weighted by Crippen LogP contribution is 2.13. The molecule has 0 radical (unpaired) electrons.